The number of hydrogen-bond acceptors (Lipinski definition) is 5. The van der Waals surface area contributed by atoms with Crippen molar-refractivity contribution in [2.24, 2.45) is 5.73 Å². The zero-order valence-electron chi connectivity index (χ0n) is 14.1. The minimum absolute atomic E-state index is 0.198. The van der Waals surface area contributed by atoms with E-state index in [0.717, 1.165) is 31.7 Å². The first-order valence-corrected chi connectivity index (χ1v) is 8.10. The molecule has 26 heavy (non-hydrogen) atoms. The van der Waals surface area contributed by atoms with Crippen molar-refractivity contribution in [3.05, 3.63) is 29.8 Å². The maximum atomic E-state index is 12.1. The number of piperazine rings is 1. The van der Waals surface area contributed by atoms with Gasteiger partial charge in [-0.25, -0.2) is 4.79 Å². The van der Waals surface area contributed by atoms with E-state index in [0.29, 0.717) is 13.1 Å². The number of alkyl halides is 3. The van der Waals surface area contributed by atoms with Crippen molar-refractivity contribution in [1.29, 1.82) is 0 Å². The van der Waals surface area contributed by atoms with Crippen LogP contribution in [0.5, 0.6) is 5.75 Å². The number of ether oxygens (including phenoxy) is 1. The average Bonchev–Trinajstić information content (AvgIpc) is 2.54. The monoisotopic (exact) mass is 374 g/mol. The zero-order valence-corrected chi connectivity index (χ0v) is 14.1. The van der Waals surface area contributed by atoms with Gasteiger partial charge in [-0.15, -0.1) is 13.2 Å². The molecule has 1 aromatic rings. The summed E-state index contributed by atoms with van der Waals surface area (Å²) in [5, 5.41) is 2.02. The average molecular weight is 374 g/mol. The van der Waals surface area contributed by atoms with Crippen LogP contribution in [0.3, 0.4) is 0 Å². The molecule has 0 aliphatic carbocycles. The molecule has 1 aliphatic rings. The Balaban J connectivity index is 1.71. The first-order chi connectivity index (χ1) is 12.2. The third kappa shape index (κ3) is 7.28. The molecule has 1 saturated heterocycles. The Labute approximate surface area is 148 Å². The van der Waals surface area contributed by atoms with Gasteiger partial charge < -0.3 is 15.4 Å². The maximum absolute atomic E-state index is 12.1. The predicted octanol–water partition coefficient (Wildman–Crippen LogP) is 1.29. The summed E-state index contributed by atoms with van der Waals surface area (Å²) >= 11 is 0. The van der Waals surface area contributed by atoms with Crippen LogP contribution in [0, 0.1) is 0 Å². The maximum Gasteiger partial charge on any atom is 0.573 e. The molecular weight excluding hydrogens is 353 g/mol. The number of primary amides is 1. The molecule has 0 unspecified atom stereocenters. The Kier molecular flexibility index (Phi) is 6.81. The molecule has 0 radical (unpaired) electrons. The summed E-state index contributed by atoms with van der Waals surface area (Å²) in [7, 11) is 0. The molecule has 144 valence electrons. The lowest BCUT2D eigenvalue weighted by molar-refractivity contribution is -0.274. The van der Waals surface area contributed by atoms with Crippen molar-refractivity contribution in [2.75, 3.05) is 32.7 Å². The summed E-state index contributed by atoms with van der Waals surface area (Å²) in [6, 6.07) is 4.97. The van der Waals surface area contributed by atoms with E-state index in [2.05, 4.69) is 14.5 Å². The largest absolute Gasteiger partial charge is 0.573 e. The smallest absolute Gasteiger partial charge is 0.406 e. The van der Waals surface area contributed by atoms with Crippen molar-refractivity contribution in [3.63, 3.8) is 0 Å². The number of hydrogen-bond donors (Lipinski definition) is 2. The molecule has 0 saturated carbocycles. The summed E-state index contributed by atoms with van der Waals surface area (Å²) in [4.78, 5) is 26.2. The van der Waals surface area contributed by atoms with E-state index < -0.39 is 18.3 Å². The minimum atomic E-state index is -4.69. The molecular formula is C16H21F3N4O3. The summed E-state index contributed by atoms with van der Waals surface area (Å²) < 4.78 is 40.3. The van der Waals surface area contributed by atoms with Crippen LogP contribution in [0.25, 0.3) is 0 Å². The fourth-order valence-electron chi connectivity index (χ4n) is 2.69. The number of rotatable bonds is 6. The number of carbonyl (C=O) groups excluding carboxylic acids is 2. The van der Waals surface area contributed by atoms with Gasteiger partial charge in [-0.2, -0.15) is 0 Å². The van der Waals surface area contributed by atoms with Crippen LogP contribution in [0.4, 0.5) is 18.0 Å². The minimum Gasteiger partial charge on any atom is -0.406 e. The topological polar surface area (TPSA) is 87.9 Å². The molecule has 0 aromatic heterocycles. The van der Waals surface area contributed by atoms with E-state index in [4.69, 9.17) is 5.73 Å². The molecule has 3 amide bonds. The standard InChI is InChI=1S/C16H21F3N4O3/c17-16(18,19)26-13-3-1-12(2-4-13)11-23-9-7-22(8-10-23)6-5-14(24)21-15(20)25/h1-4H,5-11H2,(H3,20,21,24,25). The number of imide groups is 1. The summed E-state index contributed by atoms with van der Waals surface area (Å²) in [6.07, 6.45) is -4.49. The molecule has 1 aliphatic heterocycles. The van der Waals surface area contributed by atoms with Gasteiger partial charge in [-0.05, 0) is 17.7 Å². The third-order valence-electron chi connectivity index (χ3n) is 3.95. The lowest BCUT2D eigenvalue weighted by atomic mass is 10.2. The molecule has 1 aromatic carbocycles. The molecule has 3 N–H and O–H groups in total. The molecule has 2 rings (SSSR count). The first kappa shape index (κ1) is 20.0. The number of halogens is 3. The number of benzene rings is 1. The Hall–Kier alpha value is -2.33. The van der Waals surface area contributed by atoms with Gasteiger partial charge in [0.05, 0.1) is 0 Å². The number of nitrogens with one attached hydrogen (secondary N) is 1. The van der Waals surface area contributed by atoms with Gasteiger partial charge in [0, 0.05) is 45.7 Å². The molecule has 0 atom stereocenters. The number of amides is 3. The van der Waals surface area contributed by atoms with Gasteiger partial charge in [0.15, 0.2) is 0 Å². The lowest BCUT2D eigenvalue weighted by Gasteiger charge is -2.34. The van der Waals surface area contributed by atoms with Gasteiger partial charge in [0.2, 0.25) is 5.91 Å². The molecule has 7 nitrogen and oxygen atoms in total. The molecule has 0 spiro atoms. The highest BCUT2D eigenvalue weighted by molar-refractivity contribution is 5.93. The molecule has 10 heteroatoms. The van der Waals surface area contributed by atoms with Crippen LogP contribution in [0.1, 0.15) is 12.0 Å². The van der Waals surface area contributed by atoms with Crippen LogP contribution in [0.15, 0.2) is 24.3 Å². The summed E-state index contributed by atoms with van der Waals surface area (Å²) in [5.41, 5.74) is 5.78. The van der Waals surface area contributed by atoms with E-state index in [-0.39, 0.29) is 12.2 Å². The molecule has 0 bridgehead atoms. The van der Waals surface area contributed by atoms with Gasteiger partial charge in [0.1, 0.15) is 5.75 Å². The van der Waals surface area contributed by atoms with Crippen LogP contribution >= 0.6 is 0 Å². The Morgan fingerprint density at radius 3 is 2.19 bits per heavy atom. The summed E-state index contributed by atoms with van der Waals surface area (Å²) in [6.45, 7) is 4.24. The van der Waals surface area contributed by atoms with E-state index in [1.807, 2.05) is 5.32 Å². The molecule has 1 heterocycles. The van der Waals surface area contributed by atoms with Gasteiger partial charge in [-0.1, -0.05) is 12.1 Å². The Bertz CT molecular complexity index is 614. The number of carbonyl (C=O) groups is 2. The third-order valence-corrected chi connectivity index (χ3v) is 3.95. The van der Waals surface area contributed by atoms with Crippen LogP contribution in [-0.4, -0.2) is 60.8 Å². The second kappa shape index (κ2) is 8.86. The van der Waals surface area contributed by atoms with Crippen molar-refractivity contribution in [1.82, 2.24) is 15.1 Å². The predicted molar refractivity (Wildman–Crippen MR) is 87.2 cm³/mol. The van der Waals surface area contributed by atoms with Crippen molar-refractivity contribution < 1.29 is 27.5 Å². The second-order valence-electron chi connectivity index (χ2n) is 5.97. The van der Waals surface area contributed by atoms with Crippen molar-refractivity contribution >= 4 is 11.9 Å². The highest BCUT2D eigenvalue weighted by Gasteiger charge is 2.31. The Morgan fingerprint density at radius 2 is 1.65 bits per heavy atom. The van der Waals surface area contributed by atoms with Gasteiger partial charge in [-0.3, -0.25) is 15.0 Å². The van der Waals surface area contributed by atoms with E-state index in [1.165, 1.54) is 12.1 Å². The lowest BCUT2D eigenvalue weighted by Crippen LogP contribution is -2.47. The quantitative estimate of drug-likeness (QED) is 0.783. The van der Waals surface area contributed by atoms with Crippen LogP contribution in [0.2, 0.25) is 0 Å². The first-order valence-electron chi connectivity index (χ1n) is 8.10. The van der Waals surface area contributed by atoms with Gasteiger partial charge >= 0.3 is 12.4 Å². The van der Waals surface area contributed by atoms with Crippen molar-refractivity contribution in [2.45, 2.75) is 19.3 Å². The fourth-order valence-corrected chi connectivity index (χ4v) is 2.69. The Morgan fingerprint density at radius 1 is 1.08 bits per heavy atom. The normalized spacial score (nSPS) is 16.3. The highest BCUT2D eigenvalue weighted by Crippen LogP contribution is 2.23. The van der Waals surface area contributed by atoms with E-state index in [9.17, 15) is 22.8 Å². The number of nitrogens with two attached hydrogens (primary N) is 1. The fraction of sp³-hybridized carbons (Fsp3) is 0.500. The number of nitrogens with zero attached hydrogens (tertiary/aromatic N) is 2. The van der Waals surface area contributed by atoms with Crippen LogP contribution in [-0.2, 0) is 11.3 Å². The summed E-state index contributed by atoms with van der Waals surface area (Å²) in [5.74, 6) is -0.638. The SMILES string of the molecule is NC(=O)NC(=O)CCN1CCN(Cc2ccc(OC(F)(F)F)cc2)CC1. The highest BCUT2D eigenvalue weighted by atomic mass is 19.4. The number of urea groups is 1. The van der Waals surface area contributed by atoms with Gasteiger partial charge in [0.25, 0.3) is 0 Å². The van der Waals surface area contributed by atoms with Crippen LogP contribution < -0.4 is 15.8 Å². The zero-order chi connectivity index (χ0) is 19.2. The second-order valence-corrected chi connectivity index (χ2v) is 5.97. The van der Waals surface area contributed by atoms with E-state index >= 15 is 0 Å². The van der Waals surface area contributed by atoms with Crippen molar-refractivity contribution in [3.8, 4) is 5.75 Å². The molecule has 1 fully saturated rings. The van der Waals surface area contributed by atoms with E-state index in [1.54, 1.807) is 12.1 Å².